The van der Waals surface area contributed by atoms with Gasteiger partial charge in [0.1, 0.15) is 0 Å². The quantitative estimate of drug-likeness (QED) is 0.798. The molecule has 0 unspecified atom stereocenters. The first-order valence-corrected chi connectivity index (χ1v) is 7.57. The van der Waals surface area contributed by atoms with E-state index in [-0.39, 0.29) is 11.3 Å². The molecule has 1 atom stereocenters. The van der Waals surface area contributed by atoms with Crippen LogP contribution in [0.1, 0.15) is 26.3 Å². The van der Waals surface area contributed by atoms with E-state index in [0.29, 0.717) is 30.2 Å². The van der Waals surface area contributed by atoms with E-state index in [4.69, 9.17) is 19.9 Å². The minimum atomic E-state index is -0.546. The van der Waals surface area contributed by atoms with Gasteiger partial charge in [-0.25, -0.2) is 0 Å². The van der Waals surface area contributed by atoms with Gasteiger partial charge in [0, 0.05) is 12.1 Å². The monoisotopic (exact) mass is 324 g/mol. The van der Waals surface area contributed by atoms with Gasteiger partial charge in [0.25, 0.3) is 0 Å². The number of nitrogens with two attached hydrogens (primary N) is 1. The van der Waals surface area contributed by atoms with E-state index in [1.54, 1.807) is 21.3 Å². The summed E-state index contributed by atoms with van der Waals surface area (Å²) < 4.78 is 16.0. The summed E-state index contributed by atoms with van der Waals surface area (Å²) >= 11 is 0. The van der Waals surface area contributed by atoms with Crippen molar-refractivity contribution in [3.05, 3.63) is 17.7 Å². The second-order valence-electron chi connectivity index (χ2n) is 6.38. The Hall–Kier alpha value is -1.95. The normalized spacial score (nSPS) is 12.5. The molecule has 0 bridgehead atoms. The number of carbonyl (C=O) groups is 1. The van der Waals surface area contributed by atoms with Crippen LogP contribution in [-0.4, -0.2) is 39.8 Å². The standard InChI is InChI=1S/C17H28N2O4/c1-17(2,3)15(18)16(20)19-10-9-11-7-8-12(21-4)14(23-6)13(11)22-5/h7-8,15H,9-10,18H2,1-6H3,(H,19,20)/t15-/m1/s1. The molecule has 1 rings (SSSR count). The largest absolute Gasteiger partial charge is 0.493 e. The first-order valence-electron chi connectivity index (χ1n) is 7.57. The van der Waals surface area contributed by atoms with Crippen LogP contribution < -0.4 is 25.3 Å². The molecule has 0 spiro atoms. The molecule has 3 N–H and O–H groups in total. The van der Waals surface area contributed by atoms with Crippen molar-refractivity contribution in [2.45, 2.75) is 33.2 Å². The van der Waals surface area contributed by atoms with Gasteiger partial charge in [-0.15, -0.1) is 0 Å². The number of hydrogen-bond donors (Lipinski definition) is 2. The molecule has 0 saturated carbocycles. The molecule has 1 amide bonds. The van der Waals surface area contributed by atoms with Crippen LogP contribution in [0.3, 0.4) is 0 Å². The molecule has 0 fully saturated rings. The minimum Gasteiger partial charge on any atom is -0.493 e. The summed E-state index contributed by atoms with van der Waals surface area (Å²) in [6.45, 7) is 6.28. The van der Waals surface area contributed by atoms with Gasteiger partial charge in [0.05, 0.1) is 27.4 Å². The van der Waals surface area contributed by atoms with Gasteiger partial charge in [-0.2, -0.15) is 0 Å². The molecule has 1 aromatic rings. The first-order chi connectivity index (χ1) is 10.8. The zero-order valence-corrected chi connectivity index (χ0v) is 14.9. The third-order valence-electron chi connectivity index (χ3n) is 3.69. The number of carbonyl (C=O) groups excluding carboxylic acids is 1. The number of methoxy groups -OCH3 is 3. The average molecular weight is 324 g/mol. The third kappa shape index (κ3) is 4.76. The number of amides is 1. The first kappa shape index (κ1) is 19.1. The molecule has 0 aliphatic heterocycles. The smallest absolute Gasteiger partial charge is 0.237 e. The van der Waals surface area contributed by atoms with Crippen LogP contribution in [0.2, 0.25) is 0 Å². The van der Waals surface area contributed by atoms with Crippen LogP contribution in [0.4, 0.5) is 0 Å². The van der Waals surface area contributed by atoms with Gasteiger partial charge in [0.15, 0.2) is 11.5 Å². The molecular weight excluding hydrogens is 296 g/mol. The van der Waals surface area contributed by atoms with Crippen LogP contribution >= 0.6 is 0 Å². The van der Waals surface area contributed by atoms with E-state index in [0.717, 1.165) is 5.56 Å². The van der Waals surface area contributed by atoms with Crippen LogP contribution in [0.15, 0.2) is 12.1 Å². The topological polar surface area (TPSA) is 82.8 Å². The maximum absolute atomic E-state index is 12.0. The van der Waals surface area contributed by atoms with Crippen molar-refractivity contribution in [3.63, 3.8) is 0 Å². The fourth-order valence-corrected chi connectivity index (χ4v) is 2.18. The second kappa shape index (κ2) is 8.06. The average Bonchev–Trinajstić information content (AvgIpc) is 2.52. The molecule has 0 aliphatic rings. The lowest BCUT2D eigenvalue weighted by atomic mass is 9.87. The summed E-state index contributed by atoms with van der Waals surface area (Å²) in [6.07, 6.45) is 0.603. The Morgan fingerprint density at radius 1 is 1.13 bits per heavy atom. The van der Waals surface area contributed by atoms with E-state index in [2.05, 4.69) is 5.32 Å². The van der Waals surface area contributed by atoms with Gasteiger partial charge in [0.2, 0.25) is 11.7 Å². The Morgan fingerprint density at radius 2 is 1.74 bits per heavy atom. The maximum Gasteiger partial charge on any atom is 0.237 e. The van der Waals surface area contributed by atoms with Crippen molar-refractivity contribution >= 4 is 5.91 Å². The van der Waals surface area contributed by atoms with Gasteiger partial charge in [-0.05, 0) is 17.9 Å². The summed E-state index contributed by atoms with van der Waals surface area (Å²) in [6, 6.07) is 3.17. The fourth-order valence-electron chi connectivity index (χ4n) is 2.18. The molecule has 130 valence electrons. The number of benzene rings is 1. The highest BCUT2D eigenvalue weighted by molar-refractivity contribution is 5.82. The van der Waals surface area contributed by atoms with Gasteiger partial charge < -0.3 is 25.3 Å². The molecule has 6 nitrogen and oxygen atoms in total. The van der Waals surface area contributed by atoms with Crippen LogP contribution in [0.5, 0.6) is 17.2 Å². The Morgan fingerprint density at radius 3 is 2.22 bits per heavy atom. The highest BCUT2D eigenvalue weighted by Crippen LogP contribution is 2.39. The lowest BCUT2D eigenvalue weighted by molar-refractivity contribution is -0.124. The highest BCUT2D eigenvalue weighted by Gasteiger charge is 2.27. The molecular formula is C17H28N2O4. The van der Waals surface area contributed by atoms with Crippen molar-refractivity contribution in [1.29, 1.82) is 0 Å². The summed E-state index contributed by atoms with van der Waals surface area (Å²) in [5.41, 5.74) is 6.59. The fraction of sp³-hybridized carbons (Fsp3) is 0.588. The summed E-state index contributed by atoms with van der Waals surface area (Å²) in [5, 5.41) is 2.86. The maximum atomic E-state index is 12.0. The molecule has 6 heteroatoms. The van der Waals surface area contributed by atoms with Crippen molar-refractivity contribution in [3.8, 4) is 17.2 Å². The number of ether oxygens (including phenoxy) is 3. The zero-order valence-electron chi connectivity index (χ0n) is 14.9. The van der Waals surface area contributed by atoms with Crippen molar-refractivity contribution in [2.75, 3.05) is 27.9 Å². The Bertz CT molecular complexity index is 538. The Labute approximate surface area is 138 Å². The summed E-state index contributed by atoms with van der Waals surface area (Å²) in [7, 11) is 4.72. The number of hydrogen-bond acceptors (Lipinski definition) is 5. The second-order valence-corrected chi connectivity index (χ2v) is 6.38. The number of rotatable bonds is 7. The van der Waals surface area contributed by atoms with Crippen molar-refractivity contribution in [1.82, 2.24) is 5.32 Å². The Kier molecular flexibility index (Phi) is 6.69. The Balaban J connectivity index is 2.77. The molecule has 0 saturated heterocycles. The molecule has 0 radical (unpaired) electrons. The third-order valence-corrected chi connectivity index (χ3v) is 3.69. The van der Waals surface area contributed by atoms with Crippen LogP contribution in [0, 0.1) is 5.41 Å². The van der Waals surface area contributed by atoms with E-state index < -0.39 is 6.04 Å². The molecule has 0 aliphatic carbocycles. The lowest BCUT2D eigenvalue weighted by Crippen LogP contribution is -2.49. The van der Waals surface area contributed by atoms with Crippen molar-refractivity contribution < 1.29 is 19.0 Å². The van der Waals surface area contributed by atoms with E-state index in [1.165, 1.54) is 0 Å². The molecule has 0 heterocycles. The minimum absolute atomic E-state index is 0.156. The van der Waals surface area contributed by atoms with E-state index in [1.807, 2.05) is 32.9 Å². The van der Waals surface area contributed by atoms with Gasteiger partial charge in [-0.1, -0.05) is 26.8 Å². The SMILES string of the molecule is COc1ccc(CCNC(=O)[C@@H](N)C(C)(C)C)c(OC)c1OC. The summed E-state index contributed by atoms with van der Waals surface area (Å²) in [5.74, 6) is 1.61. The van der Waals surface area contributed by atoms with Gasteiger partial charge >= 0.3 is 0 Å². The van der Waals surface area contributed by atoms with Crippen molar-refractivity contribution in [2.24, 2.45) is 11.1 Å². The molecule has 23 heavy (non-hydrogen) atoms. The predicted octanol–water partition coefficient (Wildman–Crippen LogP) is 1.74. The lowest BCUT2D eigenvalue weighted by Gasteiger charge is -2.25. The molecule has 1 aromatic carbocycles. The van der Waals surface area contributed by atoms with E-state index >= 15 is 0 Å². The summed E-state index contributed by atoms with van der Waals surface area (Å²) in [4.78, 5) is 12.0. The van der Waals surface area contributed by atoms with Crippen LogP contribution in [-0.2, 0) is 11.2 Å². The van der Waals surface area contributed by atoms with Gasteiger partial charge in [-0.3, -0.25) is 4.79 Å². The predicted molar refractivity (Wildman–Crippen MR) is 90.2 cm³/mol. The molecule has 0 aromatic heterocycles. The number of nitrogens with one attached hydrogen (secondary N) is 1. The van der Waals surface area contributed by atoms with E-state index in [9.17, 15) is 4.79 Å². The van der Waals surface area contributed by atoms with Crippen LogP contribution in [0.25, 0.3) is 0 Å². The highest BCUT2D eigenvalue weighted by atomic mass is 16.5. The zero-order chi connectivity index (χ0) is 17.6.